The van der Waals surface area contributed by atoms with E-state index < -0.39 is 11.2 Å². The molecule has 24 heavy (non-hydrogen) atoms. The molecule has 0 aliphatic rings. The van der Waals surface area contributed by atoms with Gasteiger partial charge in [-0.3, -0.25) is 18.7 Å². The molecule has 8 nitrogen and oxygen atoms in total. The van der Waals surface area contributed by atoms with Crippen LogP contribution in [0, 0.1) is 13.8 Å². The van der Waals surface area contributed by atoms with E-state index in [1.54, 1.807) is 7.05 Å². The molecule has 3 aromatic rings. The van der Waals surface area contributed by atoms with E-state index in [9.17, 15) is 9.59 Å². The van der Waals surface area contributed by atoms with Crippen LogP contribution >= 0.6 is 17.0 Å². The smallest absolute Gasteiger partial charge is 0.314 e. The average Bonchev–Trinajstić information content (AvgIpc) is 2.97. The predicted octanol–water partition coefficient (Wildman–Crippen LogP) is 0.822. The lowest BCUT2D eigenvalue weighted by atomic mass is 10.3. The number of imidazole rings is 2. The lowest BCUT2D eigenvalue weighted by Crippen LogP contribution is -2.28. The van der Waals surface area contributed by atoms with Crippen LogP contribution in [0.25, 0.3) is 16.9 Å². The van der Waals surface area contributed by atoms with Gasteiger partial charge in [0.05, 0.1) is 0 Å². The third kappa shape index (κ3) is 2.71. The van der Waals surface area contributed by atoms with Crippen LogP contribution < -0.4 is 11.2 Å². The monoisotopic (exact) mass is 398 g/mol. The number of aryl methyl sites for hydroxylation is 3. The highest BCUT2D eigenvalue weighted by atomic mass is 79.9. The molecule has 0 fully saturated rings. The van der Waals surface area contributed by atoms with E-state index in [-0.39, 0.29) is 17.0 Å². The number of hydrogen-bond donors (Lipinski definition) is 1. The second-order valence-corrected chi connectivity index (χ2v) is 6.22. The molecule has 0 aliphatic carbocycles. The Morgan fingerprint density at radius 1 is 1.17 bits per heavy atom. The van der Waals surface area contributed by atoms with Crippen LogP contribution in [0.3, 0.4) is 0 Å². The van der Waals surface area contributed by atoms with Crippen LogP contribution in [-0.2, 0) is 13.6 Å². The van der Waals surface area contributed by atoms with E-state index in [1.807, 2.05) is 32.3 Å². The Morgan fingerprint density at radius 3 is 2.46 bits per heavy atom. The third-order valence-electron chi connectivity index (χ3n) is 4.39. The normalized spacial score (nSPS) is 11.6. The van der Waals surface area contributed by atoms with E-state index in [4.69, 9.17) is 0 Å². The summed E-state index contributed by atoms with van der Waals surface area (Å²) in [6.45, 7) is 5.79. The van der Waals surface area contributed by atoms with Gasteiger partial charge in [0.15, 0.2) is 11.2 Å². The maximum absolute atomic E-state index is 12.3. The summed E-state index contributed by atoms with van der Waals surface area (Å²) in [5, 5.41) is 0. The largest absolute Gasteiger partial charge is 0.329 e. The van der Waals surface area contributed by atoms with Crippen molar-refractivity contribution in [2.45, 2.75) is 26.8 Å². The van der Waals surface area contributed by atoms with Crippen LogP contribution in [0.1, 0.15) is 17.8 Å². The lowest BCUT2D eigenvalue weighted by Gasteiger charge is -2.10. The Bertz CT molecular complexity index is 1010. The van der Waals surface area contributed by atoms with E-state index in [1.165, 1.54) is 4.57 Å². The van der Waals surface area contributed by atoms with Gasteiger partial charge in [0.2, 0.25) is 5.78 Å². The van der Waals surface area contributed by atoms with Gasteiger partial charge in [0.1, 0.15) is 0 Å². The standard InChI is InChI=1S/C15H22N6O2.BrH/c1-9-10(2)21-11-12(19(5)15(23)17-13(11)22)16-14(21)20(9)8-6-7-18(3)4;/h6-8H2,1-5H3,(H,17,22,23);1H. The zero-order valence-electron chi connectivity index (χ0n) is 14.6. The number of aromatic amines is 1. The van der Waals surface area contributed by atoms with Gasteiger partial charge in [-0.25, -0.2) is 4.79 Å². The minimum Gasteiger partial charge on any atom is -0.314 e. The number of hydrogen-bond acceptors (Lipinski definition) is 4. The molecule has 0 spiro atoms. The highest BCUT2D eigenvalue weighted by molar-refractivity contribution is 8.93. The average molecular weight is 399 g/mol. The third-order valence-corrected chi connectivity index (χ3v) is 4.39. The Labute approximate surface area is 149 Å². The first-order chi connectivity index (χ1) is 10.8. The lowest BCUT2D eigenvalue weighted by molar-refractivity contribution is 0.386. The fourth-order valence-electron chi connectivity index (χ4n) is 2.99. The van der Waals surface area contributed by atoms with Crippen molar-refractivity contribution in [2.24, 2.45) is 7.05 Å². The first-order valence-electron chi connectivity index (χ1n) is 7.64. The first-order valence-corrected chi connectivity index (χ1v) is 7.64. The molecule has 0 unspecified atom stereocenters. The number of rotatable bonds is 4. The van der Waals surface area contributed by atoms with Crippen LogP contribution in [0.4, 0.5) is 0 Å². The van der Waals surface area contributed by atoms with Gasteiger partial charge in [0, 0.05) is 25.0 Å². The van der Waals surface area contributed by atoms with Crippen molar-refractivity contribution in [2.75, 3.05) is 20.6 Å². The molecule has 3 rings (SSSR count). The second-order valence-electron chi connectivity index (χ2n) is 6.22. The molecule has 0 saturated heterocycles. The van der Waals surface area contributed by atoms with Gasteiger partial charge >= 0.3 is 5.69 Å². The highest BCUT2D eigenvalue weighted by Crippen LogP contribution is 2.20. The van der Waals surface area contributed by atoms with Gasteiger partial charge in [-0.2, -0.15) is 4.98 Å². The fourth-order valence-corrected chi connectivity index (χ4v) is 2.99. The summed E-state index contributed by atoms with van der Waals surface area (Å²) in [6, 6.07) is 0. The molecule has 1 N–H and O–H groups in total. The van der Waals surface area contributed by atoms with Crippen molar-refractivity contribution >= 4 is 33.9 Å². The number of fused-ring (bicyclic) bond motifs is 3. The molecular formula is C15H23BrN6O2. The fraction of sp³-hybridized carbons (Fsp3) is 0.533. The maximum atomic E-state index is 12.3. The Hall–Kier alpha value is -1.87. The SMILES string of the molecule is Br.Cc1c(C)n2c3c(=O)[nH]c(=O)n(C)c3nc2n1CCCN(C)C. The Morgan fingerprint density at radius 2 is 1.83 bits per heavy atom. The molecule has 0 saturated carbocycles. The van der Waals surface area contributed by atoms with Crippen molar-refractivity contribution < 1.29 is 0 Å². The molecule has 0 amide bonds. The van der Waals surface area contributed by atoms with Crippen molar-refractivity contribution in [1.29, 1.82) is 0 Å². The maximum Gasteiger partial charge on any atom is 0.329 e. The molecule has 3 aromatic heterocycles. The Balaban J connectivity index is 0.00000208. The first kappa shape index (κ1) is 18.5. The summed E-state index contributed by atoms with van der Waals surface area (Å²) in [4.78, 5) is 33.1. The van der Waals surface area contributed by atoms with Gasteiger partial charge in [-0.15, -0.1) is 17.0 Å². The van der Waals surface area contributed by atoms with Gasteiger partial charge in [0.25, 0.3) is 5.56 Å². The van der Waals surface area contributed by atoms with Gasteiger partial charge < -0.3 is 9.47 Å². The summed E-state index contributed by atoms with van der Waals surface area (Å²) >= 11 is 0. The van der Waals surface area contributed by atoms with Gasteiger partial charge in [-0.1, -0.05) is 0 Å². The second kappa shape index (κ2) is 6.56. The van der Waals surface area contributed by atoms with E-state index in [0.29, 0.717) is 16.9 Å². The van der Waals surface area contributed by atoms with Crippen molar-refractivity contribution in [1.82, 2.24) is 28.4 Å². The zero-order valence-corrected chi connectivity index (χ0v) is 16.3. The number of nitrogens with one attached hydrogen (secondary N) is 1. The van der Waals surface area contributed by atoms with Crippen molar-refractivity contribution in [3.63, 3.8) is 0 Å². The van der Waals surface area contributed by atoms with Gasteiger partial charge in [-0.05, 0) is 40.9 Å². The summed E-state index contributed by atoms with van der Waals surface area (Å²) in [7, 11) is 5.70. The van der Waals surface area contributed by atoms with Crippen LogP contribution in [0.5, 0.6) is 0 Å². The minimum atomic E-state index is -0.447. The number of H-pyrrole nitrogens is 1. The number of halogens is 1. The van der Waals surface area contributed by atoms with E-state index in [0.717, 1.165) is 30.9 Å². The summed E-state index contributed by atoms with van der Waals surface area (Å²) in [6.07, 6.45) is 0.982. The topological polar surface area (TPSA) is 80.3 Å². The van der Waals surface area contributed by atoms with E-state index in [2.05, 4.69) is 19.4 Å². The molecule has 0 bridgehead atoms. The number of nitrogens with zero attached hydrogens (tertiary/aromatic N) is 5. The molecule has 0 radical (unpaired) electrons. The summed E-state index contributed by atoms with van der Waals surface area (Å²) < 4.78 is 5.34. The molecule has 0 atom stereocenters. The van der Waals surface area contributed by atoms with Crippen LogP contribution in [0.15, 0.2) is 9.59 Å². The van der Waals surface area contributed by atoms with Crippen LogP contribution in [-0.4, -0.2) is 49.0 Å². The predicted molar refractivity (Wildman–Crippen MR) is 99.5 cm³/mol. The number of aromatic nitrogens is 5. The highest BCUT2D eigenvalue weighted by Gasteiger charge is 2.20. The summed E-state index contributed by atoms with van der Waals surface area (Å²) in [5.41, 5.74) is 2.05. The van der Waals surface area contributed by atoms with Crippen LogP contribution in [0.2, 0.25) is 0 Å². The Kier molecular flexibility index (Phi) is 5.05. The van der Waals surface area contributed by atoms with E-state index >= 15 is 0 Å². The minimum absolute atomic E-state index is 0. The quantitative estimate of drug-likeness (QED) is 0.705. The van der Waals surface area contributed by atoms with Crippen molar-refractivity contribution in [3.05, 3.63) is 32.2 Å². The molecule has 3 heterocycles. The molecule has 0 aromatic carbocycles. The molecular weight excluding hydrogens is 376 g/mol. The zero-order chi connectivity index (χ0) is 16.9. The summed E-state index contributed by atoms with van der Waals surface area (Å²) in [5.74, 6) is 0.709. The van der Waals surface area contributed by atoms with Crippen molar-refractivity contribution in [3.8, 4) is 0 Å². The molecule has 0 aliphatic heterocycles. The molecule has 132 valence electrons. The molecule has 9 heteroatoms.